The Morgan fingerprint density at radius 2 is 1.91 bits per heavy atom. The fourth-order valence-electron chi connectivity index (χ4n) is 4.80. The number of piperidine rings is 1. The van der Waals surface area contributed by atoms with Crippen LogP contribution in [0.25, 0.3) is 0 Å². The van der Waals surface area contributed by atoms with E-state index in [-0.39, 0.29) is 23.3 Å². The lowest BCUT2D eigenvalue weighted by Crippen LogP contribution is -2.51. The van der Waals surface area contributed by atoms with Crippen LogP contribution in [0.1, 0.15) is 52.9 Å². The summed E-state index contributed by atoms with van der Waals surface area (Å²) in [5.74, 6) is 0.681. The number of fused-ring (bicyclic) bond motifs is 1. The molecule has 1 saturated carbocycles. The Bertz CT molecular complexity index is 425. The van der Waals surface area contributed by atoms with Gasteiger partial charge in [0.2, 0.25) is 5.91 Å². The molecule has 0 unspecified atom stereocenters. The minimum atomic E-state index is -0.324. The van der Waals surface area contributed by atoms with Gasteiger partial charge in [-0.25, -0.2) is 0 Å². The molecular weight excluding hydrogens is 276 g/mol. The van der Waals surface area contributed by atoms with Crippen LogP contribution in [0.4, 0.5) is 0 Å². The van der Waals surface area contributed by atoms with Crippen molar-refractivity contribution in [3.05, 3.63) is 0 Å². The van der Waals surface area contributed by atoms with Gasteiger partial charge < -0.3 is 10.0 Å². The summed E-state index contributed by atoms with van der Waals surface area (Å²) in [5, 5.41) is 10.0. The summed E-state index contributed by atoms with van der Waals surface area (Å²) in [6.45, 7) is 9.96. The Kier molecular flexibility index (Phi) is 4.28. The fourth-order valence-corrected chi connectivity index (χ4v) is 4.80. The number of aliphatic hydroxyl groups excluding tert-OH is 1. The number of carbonyl (C=O) groups excluding carboxylic acids is 1. The van der Waals surface area contributed by atoms with E-state index in [0.717, 1.165) is 38.6 Å². The average molecular weight is 308 g/mol. The number of rotatable bonds is 2. The van der Waals surface area contributed by atoms with Gasteiger partial charge in [-0.05, 0) is 31.7 Å². The van der Waals surface area contributed by atoms with Crippen LogP contribution >= 0.6 is 0 Å². The van der Waals surface area contributed by atoms with E-state index in [0.29, 0.717) is 5.92 Å². The van der Waals surface area contributed by atoms with Crippen LogP contribution in [-0.4, -0.2) is 59.6 Å². The lowest BCUT2D eigenvalue weighted by Gasteiger charge is -2.44. The van der Waals surface area contributed by atoms with Crippen molar-refractivity contribution in [3.63, 3.8) is 0 Å². The molecule has 126 valence electrons. The topological polar surface area (TPSA) is 43.8 Å². The van der Waals surface area contributed by atoms with Gasteiger partial charge in [-0.15, -0.1) is 0 Å². The molecule has 0 aromatic rings. The van der Waals surface area contributed by atoms with Crippen molar-refractivity contribution < 1.29 is 9.90 Å². The van der Waals surface area contributed by atoms with Crippen molar-refractivity contribution in [3.8, 4) is 0 Å². The molecule has 22 heavy (non-hydrogen) atoms. The van der Waals surface area contributed by atoms with Gasteiger partial charge in [0.05, 0.1) is 6.61 Å². The third-order valence-electron chi connectivity index (χ3n) is 6.25. The normalized spacial score (nSPS) is 34.2. The molecule has 2 heterocycles. The molecule has 0 bridgehead atoms. The van der Waals surface area contributed by atoms with Crippen LogP contribution in [0.15, 0.2) is 0 Å². The van der Waals surface area contributed by atoms with Crippen molar-refractivity contribution >= 4 is 5.91 Å². The number of amides is 1. The molecule has 2 atom stereocenters. The molecule has 0 spiro atoms. The highest BCUT2D eigenvalue weighted by Crippen LogP contribution is 2.44. The van der Waals surface area contributed by atoms with E-state index in [9.17, 15) is 9.90 Å². The highest BCUT2D eigenvalue weighted by atomic mass is 16.3. The summed E-state index contributed by atoms with van der Waals surface area (Å²) >= 11 is 0. The molecule has 0 aromatic heterocycles. The van der Waals surface area contributed by atoms with E-state index in [2.05, 4.69) is 4.90 Å². The summed E-state index contributed by atoms with van der Waals surface area (Å²) in [5.41, 5.74) is -0.370. The Balaban J connectivity index is 1.71. The van der Waals surface area contributed by atoms with Gasteiger partial charge >= 0.3 is 0 Å². The third kappa shape index (κ3) is 2.80. The zero-order valence-electron chi connectivity index (χ0n) is 14.5. The summed E-state index contributed by atoms with van der Waals surface area (Å²) in [6.07, 6.45) is 6.45. The monoisotopic (exact) mass is 308 g/mol. The van der Waals surface area contributed by atoms with Gasteiger partial charge in [-0.1, -0.05) is 33.6 Å². The minimum absolute atomic E-state index is 0.0456. The van der Waals surface area contributed by atoms with Crippen LogP contribution in [0.2, 0.25) is 0 Å². The van der Waals surface area contributed by atoms with Crippen molar-refractivity contribution in [2.45, 2.75) is 58.9 Å². The quantitative estimate of drug-likeness (QED) is 0.850. The molecule has 2 saturated heterocycles. The second-order valence-electron chi connectivity index (χ2n) is 8.84. The molecular formula is C18H32N2O2. The maximum Gasteiger partial charge on any atom is 0.227 e. The highest BCUT2D eigenvalue weighted by Gasteiger charge is 2.51. The van der Waals surface area contributed by atoms with Gasteiger partial charge in [0, 0.05) is 36.5 Å². The van der Waals surface area contributed by atoms with Crippen molar-refractivity contribution in [2.75, 3.05) is 32.8 Å². The third-order valence-corrected chi connectivity index (χ3v) is 6.25. The first kappa shape index (κ1) is 16.3. The maximum absolute atomic E-state index is 12.6. The lowest BCUT2D eigenvalue weighted by molar-refractivity contribution is -0.138. The fraction of sp³-hybridized carbons (Fsp3) is 0.944. The number of aliphatic hydroxyl groups is 1. The molecule has 1 aliphatic carbocycles. The van der Waals surface area contributed by atoms with Gasteiger partial charge in [-0.2, -0.15) is 0 Å². The van der Waals surface area contributed by atoms with Crippen LogP contribution < -0.4 is 0 Å². The van der Waals surface area contributed by atoms with E-state index >= 15 is 0 Å². The molecule has 3 rings (SSSR count). The van der Waals surface area contributed by atoms with Gasteiger partial charge in [0.1, 0.15) is 0 Å². The SMILES string of the molecule is CC(C)(C)C(=O)N1C[C@@H]2CN(C3CCCC3)CC[C@]2(CO)C1. The van der Waals surface area contributed by atoms with Gasteiger partial charge in [0.15, 0.2) is 0 Å². The van der Waals surface area contributed by atoms with Crippen LogP contribution in [0, 0.1) is 16.7 Å². The molecule has 3 aliphatic rings. The number of hydrogen-bond acceptors (Lipinski definition) is 3. The summed E-state index contributed by atoms with van der Waals surface area (Å²) < 4.78 is 0. The molecule has 1 N–H and O–H groups in total. The summed E-state index contributed by atoms with van der Waals surface area (Å²) in [4.78, 5) is 17.3. The van der Waals surface area contributed by atoms with Crippen LogP contribution in [0.3, 0.4) is 0 Å². The molecule has 0 aromatic carbocycles. The van der Waals surface area contributed by atoms with Gasteiger partial charge in [-0.3, -0.25) is 9.69 Å². The first-order chi connectivity index (χ1) is 10.4. The lowest BCUT2D eigenvalue weighted by atomic mass is 9.73. The molecule has 4 heteroatoms. The standard InChI is InChI=1S/C18H32N2O2/c1-17(2,3)16(22)20-11-14-10-19(15-6-4-5-7-15)9-8-18(14,12-20)13-21/h14-15,21H,4-13H2,1-3H3/t14-,18+/m0/s1. The molecule has 3 fully saturated rings. The Morgan fingerprint density at radius 1 is 1.23 bits per heavy atom. The smallest absolute Gasteiger partial charge is 0.227 e. The number of likely N-dealkylation sites (tertiary alicyclic amines) is 2. The van der Waals surface area contributed by atoms with Crippen LogP contribution in [0.5, 0.6) is 0 Å². The molecule has 0 radical (unpaired) electrons. The Morgan fingerprint density at radius 3 is 2.50 bits per heavy atom. The van der Waals surface area contributed by atoms with E-state index in [1.807, 2.05) is 25.7 Å². The second-order valence-corrected chi connectivity index (χ2v) is 8.84. The Hall–Kier alpha value is -0.610. The van der Waals surface area contributed by atoms with E-state index < -0.39 is 0 Å². The predicted octanol–water partition coefficient (Wildman–Crippen LogP) is 2.12. The van der Waals surface area contributed by atoms with Crippen LogP contribution in [-0.2, 0) is 4.79 Å². The minimum Gasteiger partial charge on any atom is -0.396 e. The van der Waals surface area contributed by atoms with Crippen molar-refractivity contribution in [1.82, 2.24) is 9.80 Å². The maximum atomic E-state index is 12.6. The summed E-state index contributed by atoms with van der Waals surface area (Å²) in [7, 11) is 0. The number of nitrogens with zero attached hydrogens (tertiary/aromatic N) is 2. The largest absolute Gasteiger partial charge is 0.396 e. The molecule has 4 nitrogen and oxygen atoms in total. The zero-order chi connectivity index (χ0) is 16.0. The number of carbonyl (C=O) groups is 1. The number of hydrogen-bond donors (Lipinski definition) is 1. The molecule has 1 amide bonds. The van der Waals surface area contributed by atoms with E-state index in [1.165, 1.54) is 25.7 Å². The zero-order valence-corrected chi connectivity index (χ0v) is 14.5. The van der Waals surface area contributed by atoms with Crippen molar-refractivity contribution in [1.29, 1.82) is 0 Å². The van der Waals surface area contributed by atoms with Gasteiger partial charge in [0.25, 0.3) is 0 Å². The van der Waals surface area contributed by atoms with E-state index in [1.54, 1.807) is 0 Å². The summed E-state index contributed by atoms with van der Waals surface area (Å²) in [6, 6.07) is 0.754. The average Bonchev–Trinajstić information content (AvgIpc) is 3.12. The predicted molar refractivity (Wildman–Crippen MR) is 87.5 cm³/mol. The first-order valence-corrected chi connectivity index (χ1v) is 9.00. The highest BCUT2D eigenvalue weighted by molar-refractivity contribution is 5.82. The Labute approximate surface area is 134 Å². The first-order valence-electron chi connectivity index (χ1n) is 9.00. The van der Waals surface area contributed by atoms with E-state index in [4.69, 9.17) is 0 Å². The van der Waals surface area contributed by atoms with Crippen molar-refractivity contribution in [2.24, 2.45) is 16.7 Å². The second kappa shape index (κ2) is 5.79. The molecule has 2 aliphatic heterocycles.